The Labute approximate surface area is 108 Å². The Morgan fingerprint density at radius 3 is 2.88 bits per heavy atom. The Balaban J connectivity index is 2.02. The Morgan fingerprint density at radius 1 is 1.53 bits per heavy atom. The molecule has 1 aromatic rings. The van der Waals surface area contributed by atoms with Gasteiger partial charge < -0.3 is 5.73 Å². The standard InChI is InChI=1S/C13H23N3S/c1-3-15-5-6-16(9-11(15)2)13(8-14)12-4-7-17-10-12/h4,7,10-11,13H,3,5-6,8-9,14H2,1-2H3. The van der Waals surface area contributed by atoms with Crippen molar-refractivity contribution in [2.75, 3.05) is 32.7 Å². The van der Waals surface area contributed by atoms with Gasteiger partial charge in [-0.1, -0.05) is 6.92 Å². The monoisotopic (exact) mass is 253 g/mol. The zero-order valence-corrected chi connectivity index (χ0v) is 11.6. The van der Waals surface area contributed by atoms with E-state index in [9.17, 15) is 0 Å². The maximum atomic E-state index is 5.96. The first-order chi connectivity index (χ1) is 8.26. The predicted molar refractivity (Wildman–Crippen MR) is 74.4 cm³/mol. The first-order valence-corrected chi connectivity index (χ1v) is 7.40. The Kier molecular flexibility index (Phi) is 4.56. The molecule has 1 aliphatic rings. The quantitative estimate of drug-likeness (QED) is 0.888. The van der Waals surface area contributed by atoms with E-state index in [4.69, 9.17) is 5.73 Å². The molecule has 4 heteroatoms. The summed E-state index contributed by atoms with van der Waals surface area (Å²) in [6.07, 6.45) is 0. The summed E-state index contributed by atoms with van der Waals surface area (Å²) in [6, 6.07) is 3.25. The van der Waals surface area contributed by atoms with Gasteiger partial charge in [0.2, 0.25) is 0 Å². The van der Waals surface area contributed by atoms with Gasteiger partial charge in [0.15, 0.2) is 0 Å². The highest BCUT2D eigenvalue weighted by atomic mass is 32.1. The van der Waals surface area contributed by atoms with Crippen molar-refractivity contribution in [2.45, 2.75) is 25.9 Å². The molecule has 1 aliphatic heterocycles. The van der Waals surface area contributed by atoms with Crippen LogP contribution in [-0.2, 0) is 0 Å². The van der Waals surface area contributed by atoms with Crippen molar-refractivity contribution in [1.82, 2.24) is 9.80 Å². The third-order valence-electron chi connectivity index (χ3n) is 3.79. The second-order valence-corrected chi connectivity index (χ2v) is 5.56. The van der Waals surface area contributed by atoms with E-state index in [0.29, 0.717) is 12.1 Å². The lowest BCUT2D eigenvalue weighted by Crippen LogP contribution is -2.53. The molecule has 2 atom stereocenters. The molecule has 2 heterocycles. The van der Waals surface area contributed by atoms with E-state index < -0.39 is 0 Å². The van der Waals surface area contributed by atoms with Crippen molar-refractivity contribution in [2.24, 2.45) is 5.73 Å². The van der Waals surface area contributed by atoms with E-state index >= 15 is 0 Å². The van der Waals surface area contributed by atoms with Gasteiger partial charge in [-0.05, 0) is 35.9 Å². The minimum Gasteiger partial charge on any atom is -0.329 e. The summed E-state index contributed by atoms with van der Waals surface area (Å²) in [5.41, 5.74) is 7.34. The summed E-state index contributed by atoms with van der Waals surface area (Å²) in [7, 11) is 0. The van der Waals surface area contributed by atoms with Gasteiger partial charge in [0.1, 0.15) is 0 Å². The molecule has 1 aromatic heterocycles. The first-order valence-electron chi connectivity index (χ1n) is 6.46. The molecular weight excluding hydrogens is 230 g/mol. The van der Waals surface area contributed by atoms with Crippen molar-refractivity contribution in [3.63, 3.8) is 0 Å². The molecule has 3 nitrogen and oxygen atoms in total. The third kappa shape index (κ3) is 2.88. The van der Waals surface area contributed by atoms with Crippen LogP contribution in [0.4, 0.5) is 0 Å². The molecule has 0 radical (unpaired) electrons. The van der Waals surface area contributed by atoms with Gasteiger partial charge in [-0.2, -0.15) is 11.3 Å². The molecular formula is C13H23N3S. The summed E-state index contributed by atoms with van der Waals surface area (Å²) in [4.78, 5) is 5.08. The lowest BCUT2D eigenvalue weighted by Gasteiger charge is -2.42. The van der Waals surface area contributed by atoms with Crippen LogP contribution in [0, 0.1) is 0 Å². The molecule has 2 rings (SSSR count). The SMILES string of the molecule is CCN1CCN(C(CN)c2ccsc2)CC1C. The van der Waals surface area contributed by atoms with E-state index in [0.717, 1.165) is 32.7 Å². The second kappa shape index (κ2) is 5.96. The third-order valence-corrected chi connectivity index (χ3v) is 4.50. The highest BCUT2D eigenvalue weighted by Crippen LogP contribution is 2.24. The number of piperazine rings is 1. The fourth-order valence-corrected chi connectivity index (χ4v) is 3.44. The zero-order chi connectivity index (χ0) is 12.3. The Morgan fingerprint density at radius 2 is 2.35 bits per heavy atom. The molecule has 2 unspecified atom stereocenters. The topological polar surface area (TPSA) is 32.5 Å². The normalized spacial score (nSPS) is 25.0. The molecule has 0 bridgehead atoms. The van der Waals surface area contributed by atoms with Crippen LogP contribution in [0.2, 0.25) is 0 Å². The van der Waals surface area contributed by atoms with Crippen molar-refractivity contribution in [3.05, 3.63) is 22.4 Å². The van der Waals surface area contributed by atoms with E-state index in [-0.39, 0.29) is 0 Å². The smallest absolute Gasteiger partial charge is 0.0479 e. The van der Waals surface area contributed by atoms with Crippen LogP contribution < -0.4 is 5.73 Å². The second-order valence-electron chi connectivity index (χ2n) is 4.78. The van der Waals surface area contributed by atoms with Crippen LogP contribution in [0.5, 0.6) is 0 Å². The fourth-order valence-electron chi connectivity index (χ4n) is 2.74. The number of hydrogen-bond donors (Lipinski definition) is 1. The summed E-state index contributed by atoms with van der Waals surface area (Å²) >= 11 is 1.76. The van der Waals surface area contributed by atoms with Gasteiger partial charge in [-0.15, -0.1) is 0 Å². The molecule has 17 heavy (non-hydrogen) atoms. The van der Waals surface area contributed by atoms with Crippen molar-refractivity contribution in [3.8, 4) is 0 Å². The highest BCUT2D eigenvalue weighted by Gasteiger charge is 2.27. The number of likely N-dealkylation sites (N-methyl/N-ethyl adjacent to an activating group) is 1. The van der Waals surface area contributed by atoms with Crippen LogP contribution in [-0.4, -0.2) is 48.6 Å². The minimum atomic E-state index is 0.405. The Bertz CT molecular complexity index is 325. The zero-order valence-electron chi connectivity index (χ0n) is 10.8. The van der Waals surface area contributed by atoms with E-state index in [1.807, 2.05) is 0 Å². The van der Waals surface area contributed by atoms with Gasteiger partial charge in [0, 0.05) is 38.3 Å². The molecule has 1 fully saturated rings. The summed E-state index contributed by atoms with van der Waals surface area (Å²) in [5.74, 6) is 0. The molecule has 0 amide bonds. The lowest BCUT2D eigenvalue weighted by molar-refractivity contribution is 0.0608. The molecule has 2 N–H and O–H groups in total. The number of nitrogens with two attached hydrogens (primary N) is 1. The summed E-state index contributed by atoms with van der Waals surface area (Å²) in [6.45, 7) is 9.86. The molecule has 0 aliphatic carbocycles. The maximum absolute atomic E-state index is 5.96. The van der Waals surface area contributed by atoms with E-state index in [2.05, 4.69) is 40.5 Å². The van der Waals surface area contributed by atoms with Crippen LogP contribution >= 0.6 is 11.3 Å². The van der Waals surface area contributed by atoms with E-state index in [1.54, 1.807) is 11.3 Å². The molecule has 0 spiro atoms. The van der Waals surface area contributed by atoms with Crippen LogP contribution in [0.1, 0.15) is 25.5 Å². The average Bonchev–Trinajstić information content (AvgIpc) is 2.84. The van der Waals surface area contributed by atoms with Crippen molar-refractivity contribution >= 4 is 11.3 Å². The van der Waals surface area contributed by atoms with Gasteiger partial charge in [-0.3, -0.25) is 9.80 Å². The van der Waals surface area contributed by atoms with Crippen LogP contribution in [0.3, 0.4) is 0 Å². The number of hydrogen-bond acceptors (Lipinski definition) is 4. The summed E-state index contributed by atoms with van der Waals surface area (Å²) < 4.78 is 0. The van der Waals surface area contributed by atoms with Gasteiger partial charge in [-0.25, -0.2) is 0 Å². The highest BCUT2D eigenvalue weighted by molar-refractivity contribution is 7.07. The average molecular weight is 253 g/mol. The number of rotatable bonds is 4. The molecule has 96 valence electrons. The van der Waals surface area contributed by atoms with E-state index in [1.165, 1.54) is 5.56 Å². The van der Waals surface area contributed by atoms with Crippen molar-refractivity contribution < 1.29 is 0 Å². The van der Waals surface area contributed by atoms with Gasteiger partial charge in [0.25, 0.3) is 0 Å². The van der Waals surface area contributed by atoms with Crippen molar-refractivity contribution in [1.29, 1.82) is 0 Å². The fraction of sp³-hybridized carbons (Fsp3) is 0.692. The van der Waals surface area contributed by atoms with Gasteiger partial charge >= 0.3 is 0 Å². The van der Waals surface area contributed by atoms with Gasteiger partial charge in [0.05, 0.1) is 0 Å². The first kappa shape index (κ1) is 13.0. The number of nitrogens with zero attached hydrogens (tertiary/aromatic N) is 2. The minimum absolute atomic E-state index is 0.405. The molecule has 0 aromatic carbocycles. The lowest BCUT2D eigenvalue weighted by atomic mass is 10.1. The molecule has 1 saturated heterocycles. The predicted octanol–water partition coefficient (Wildman–Crippen LogP) is 1.77. The largest absolute Gasteiger partial charge is 0.329 e. The van der Waals surface area contributed by atoms with Crippen LogP contribution in [0.25, 0.3) is 0 Å². The summed E-state index contributed by atoms with van der Waals surface area (Å²) in [5, 5.41) is 4.37. The number of thiophene rings is 1. The molecule has 0 saturated carbocycles. The Hall–Kier alpha value is -0.420. The maximum Gasteiger partial charge on any atom is 0.0479 e. The van der Waals surface area contributed by atoms with Crippen LogP contribution in [0.15, 0.2) is 16.8 Å².